The summed E-state index contributed by atoms with van der Waals surface area (Å²) in [6.07, 6.45) is 3.75. The number of carbonyl (C=O) groups is 1. The lowest BCUT2D eigenvalue weighted by atomic mass is 9.94. The second-order valence-electron chi connectivity index (χ2n) is 4.98. The Kier molecular flexibility index (Phi) is 5.77. The summed E-state index contributed by atoms with van der Waals surface area (Å²) < 4.78 is 0. The fourth-order valence-corrected chi connectivity index (χ4v) is 2.06. The highest BCUT2D eigenvalue weighted by molar-refractivity contribution is 5.69. The first-order valence-electron chi connectivity index (χ1n) is 6.21. The molecule has 4 nitrogen and oxygen atoms in total. The van der Waals surface area contributed by atoms with E-state index in [2.05, 4.69) is 17.3 Å². The van der Waals surface area contributed by atoms with Gasteiger partial charge in [-0.25, -0.2) is 0 Å². The Morgan fingerprint density at radius 2 is 2.12 bits per heavy atom. The largest absolute Gasteiger partial charge is 0.481 e. The second kappa shape index (κ2) is 6.86. The lowest BCUT2D eigenvalue weighted by molar-refractivity contribution is -0.140. The van der Waals surface area contributed by atoms with E-state index in [4.69, 9.17) is 5.11 Å². The van der Waals surface area contributed by atoms with Crippen LogP contribution in [-0.4, -0.2) is 49.2 Å². The van der Waals surface area contributed by atoms with Gasteiger partial charge in [0.1, 0.15) is 0 Å². The summed E-state index contributed by atoms with van der Waals surface area (Å²) in [6.45, 7) is 5.69. The Hall–Kier alpha value is -0.610. The van der Waals surface area contributed by atoms with Crippen molar-refractivity contribution in [1.29, 1.82) is 0 Å². The predicted molar refractivity (Wildman–Crippen MR) is 64.5 cm³/mol. The Balaban J connectivity index is 2.01. The maximum atomic E-state index is 10.6. The molecule has 0 bridgehead atoms. The quantitative estimate of drug-likeness (QED) is 0.667. The van der Waals surface area contributed by atoms with Crippen LogP contribution in [-0.2, 0) is 4.79 Å². The van der Waals surface area contributed by atoms with Gasteiger partial charge in [0.25, 0.3) is 0 Å². The van der Waals surface area contributed by atoms with Gasteiger partial charge in [0.15, 0.2) is 0 Å². The highest BCUT2D eigenvalue weighted by Crippen LogP contribution is 2.18. The molecule has 0 aliphatic carbocycles. The first kappa shape index (κ1) is 13.5. The van der Waals surface area contributed by atoms with Crippen molar-refractivity contribution < 1.29 is 9.90 Å². The monoisotopic (exact) mass is 228 g/mol. The molecule has 16 heavy (non-hydrogen) atoms. The van der Waals surface area contributed by atoms with Crippen molar-refractivity contribution in [2.24, 2.45) is 11.8 Å². The Labute approximate surface area is 98.0 Å². The molecule has 0 saturated carbocycles. The zero-order valence-electron chi connectivity index (χ0n) is 10.4. The highest BCUT2D eigenvalue weighted by Gasteiger charge is 2.16. The van der Waals surface area contributed by atoms with Gasteiger partial charge in [0, 0.05) is 6.54 Å². The van der Waals surface area contributed by atoms with Crippen LogP contribution in [0.3, 0.4) is 0 Å². The van der Waals surface area contributed by atoms with E-state index in [1.54, 1.807) is 6.92 Å². The fourth-order valence-electron chi connectivity index (χ4n) is 2.06. The van der Waals surface area contributed by atoms with Gasteiger partial charge in [-0.1, -0.05) is 6.92 Å². The molecular formula is C12H24N2O2. The van der Waals surface area contributed by atoms with Crippen LogP contribution in [0, 0.1) is 11.8 Å². The Bertz CT molecular complexity index is 213. The number of nitrogens with one attached hydrogen (secondary N) is 1. The molecule has 94 valence electrons. The number of piperidine rings is 1. The summed E-state index contributed by atoms with van der Waals surface area (Å²) in [4.78, 5) is 13.0. The maximum absolute atomic E-state index is 10.6. The Morgan fingerprint density at radius 3 is 2.69 bits per heavy atom. The first-order valence-corrected chi connectivity index (χ1v) is 6.21. The smallest absolute Gasteiger partial charge is 0.307 e. The van der Waals surface area contributed by atoms with Crippen LogP contribution in [0.25, 0.3) is 0 Å². The summed E-state index contributed by atoms with van der Waals surface area (Å²) in [5.74, 6) is -0.173. The molecular weight excluding hydrogens is 204 g/mol. The number of rotatable bonds is 6. The molecule has 4 heteroatoms. The second-order valence-corrected chi connectivity index (χ2v) is 4.98. The van der Waals surface area contributed by atoms with Crippen molar-refractivity contribution in [1.82, 2.24) is 10.2 Å². The van der Waals surface area contributed by atoms with Crippen LogP contribution in [0.2, 0.25) is 0 Å². The minimum absolute atomic E-state index is 0.280. The third kappa shape index (κ3) is 4.94. The number of likely N-dealkylation sites (tertiary alicyclic amines) is 1. The van der Waals surface area contributed by atoms with E-state index in [9.17, 15) is 4.79 Å². The number of carboxylic acids is 1. The molecule has 0 aromatic carbocycles. The molecule has 1 aliphatic heterocycles. The van der Waals surface area contributed by atoms with Crippen LogP contribution < -0.4 is 5.32 Å². The maximum Gasteiger partial charge on any atom is 0.307 e. The van der Waals surface area contributed by atoms with Gasteiger partial charge >= 0.3 is 5.97 Å². The zero-order chi connectivity index (χ0) is 12.0. The number of hydrogen-bond acceptors (Lipinski definition) is 3. The average Bonchev–Trinajstić information content (AvgIpc) is 2.26. The van der Waals surface area contributed by atoms with E-state index in [-0.39, 0.29) is 5.92 Å². The molecule has 1 atom stereocenters. The molecule has 1 heterocycles. The lowest BCUT2D eigenvalue weighted by Crippen LogP contribution is -2.32. The number of aliphatic carboxylic acids is 1. The lowest BCUT2D eigenvalue weighted by Gasteiger charge is -2.28. The van der Waals surface area contributed by atoms with Crippen molar-refractivity contribution in [3.63, 3.8) is 0 Å². The van der Waals surface area contributed by atoms with Gasteiger partial charge in [-0.05, 0) is 51.9 Å². The molecule has 0 aromatic rings. The molecule has 0 amide bonds. The standard InChI is InChI=1S/C12H24N2O2/c1-10(12(15)16)9-13-6-3-11-4-7-14(2)8-5-11/h10-11,13H,3-9H2,1-2H3,(H,15,16). The van der Waals surface area contributed by atoms with Gasteiger partial charge in [-0.15, -0.1) is 0 Å². The van der Waals surface area contributed by atoms with Gasteiger partial charge in [0.2, 0.25) is 0 Å². The van der Waals surface area contributed by atoms with Gasteiger partial charge in [-0.2, -0.15) is 0 Å². The summed E-state index contributed by atoms with van der Waals surface area (Å²) in [7, 11) is 2.17. The molecule has 0 spiro atoms. The van der Waals surface area contributed by atoms with Gasteiger partial charge in [0.05, 0.1) is 5.92 Å². The van der Waals surface area contributed by atoms with Crippen LogP contribution in [0.15, 0.2) is 0 Å². The molecule has 0 radical (unpaired) electrons. The highest BCUT2D eigenvalue weighted by atomic mass is 16.4. The number of nitrogens with zero attached hydrogens (tertiary/aromatic N) is 1. The number of hydrogen-bond donors (Lipinski definition) is 2. The van der Waals surface area contributed by atoms with Crippen molar-refractivity contribution in [3.8, 4) is 0 Å². The molecule has 2 N–H and O–H groups in total. The Morgan fingerprint density at radius 1 is 1.50 bits per heavy atom. The molecule has 1 unspecified atom stereocenters. The minimum Gasteiger partial charge on any atom is -0.481 e. The zero-order valence-corrected chi connectivity index (χ0v) is 10.4. The molecule has 1 saturated heterocycles. The van der Waals surface area contributed by atoms with E-state index >= 15 is 0 Å². The SMILES string of the molecule is CC(CNCCC1CCN(C)CC1)C(=O)O. The molecule has 1 fully saturated rings. The van der Waals surface area contributed by atoms with Gasteiger partial charge in [-0.3, -0.25) is 4.79 Å². The molecule has 0 aromatic heterocycles. The van der Waals surface area contributed by atoms with Crippen LogP contribution in [0.5, 0.6) is 0 Å². The van der Waals surface area contributed by atoms with E-state index in [1.807, 2.05) is 0 Å². The van der Waals surface area contributed by atoms with Crippen LogP contribution in [0.1, 0.15) is 26.2 Å². The summed E-state index contributed by atoms with van der Waals surface area (Å²) >= 11 is 0. The van der Waals surface area contributed by atoms with Crippen molar-refractivity contribution >= 4 is 5.97 Å². The number of carboxylic acid groups (broad SMARTS) is 1. The van der Waals surface area contributed by atoms with Crippen molar-refractivity contribution in [2.45, 2.75) is 26.2 Å². The van der Waals surface area contributed by atoms with Crippen LogP contribution >= 0.6 is 0 Å². The first-order chi connectivity index (χ1) is 7.59. The molecule has 1 rings (SSSR count). The normalized spacial score (nSPS) is 20.9. The summed E-state index contributed by atoms with van der Waals surface area (Å²) in [6, 6.07) is 0. The van der Waals surface area contributed by atoms with E-state index in [0.29, 0.717) is 6.54 Å². The minimum atomic E-state index is -0.716. The fraction of sp³-hybridized carbons (Fsp3) is 0.917. The van der Waals surface area contributed by atoms with E-state index in [1.165, 1.54) is 32.4 Å². The van der Waals surface area contributed by atoms with E-state index in [0.717, 1.165) is 12.5 Å². The third-order valence-electron chi connectivity index (χ3n) is 3.44. The van der Waals surface area contributed by atoms with Crippen molar-refractivity contribution in [3.05, 3.63) is 0 Å². The molecule has 1 aliphatic rings. The van der Waals surface area contributed by atoms with E-state index < -0.39 is 5.97 Å². The summed E-state index contributed by atoms with van der Waals surface area (Å²) in [5, 5.41) is 11.9. The van der Waals surface area contributed by atoms with Crippen molar-refractivity contribution in [2.75, 3.05) is 33.2 Å². The average molecular weight is 228 g/mol. The third-order valence-corrected chi connectivity index (χ3v) is 3.44. The van der Waals surface area contributed by atoms with Crippen LogP contribution in [0.4, 0.5) is 0 Å². The topological polar surface area (TPSA) is 52.6 Å². The van der Waals surface area contributed by atoms with Gasteiger partial charge < -0.3 is 15.3 Å². The summed E-state index contributed by atoms with van der Waals surface area (Å²) in [5.41, 5.74) is 0. The predicted octanol–water partition coefficient (Wildman–Crippen LogP) is 1.03.